The first-order valence-corrected chi connectivity index (χ1v) is 9.62. The van der Waals surface area contributed by atoms with E-state index in [4.69, 9.17) is 9.47 Å². The summed E-state index contributed by atoms with van der Waals surface area (Å²) in [6, 6.07) is 13.8. The number of anilines is 1. The average molecular weight is 378 g/mol. The number of nitrogens with one attached hydrogen (secondary N) is 2. The number of hydrogen-bond acceptors (Lipinski definition) is 5. The van der Waals surface area contributed by atoms with Crippen molar-refractivity contribution in [2.24, 2.45) is 5.92 Å². The van der Waals surface area contributed by atoms with Gasteiger partial charge in [0.1, 0.15) is 0 Å². The maximum Gasteiger partial charge on any atom is 0.231 e. The second kappa shape index (κ2) is 7.07. The number of ether oxygens (including phenoxy) is 2. The summed E-state index contributed by atoms with van der Waals surface area (Å²) in [7, 11) is 0. The monoisotopic (exact) mass is 378 g/mol. The van der Waals surface area contributed by atoms with Crippen molar-refractivity contribution in [3.05, 3.63) is 48.0 Å². The van der Waals surface area contributed by atoms with Crippen LogP contribution in [0.1, 0.15) is 18.4 Å². The number of benzene rings is 2. The lowest BCUT2D eigenvalue weighted by Crippen LogP contribution is -2.40. The van der Waals surface area contributed by atoms with Gasteiger partial charge in [-0.1, -0.05) is 18.2 Å². The summed E-state index contributed by atoms with van der Waals surface area (Å²) in [5.41, 5.74) is 3.03. The number of para-hydroxylation sites is 2. The molecule has 0 saturated carbocycles. The topological polar surface area (TPSA) is 79.5 Å². The van der Waals surface area contributed by atoms with Gasteiger partial charge in [0.05, 0.1) is 11.0 Å². The number of carbonyl (C=O) groups is 1. The maximum absolute atomic E-state index is 12.6. The van der Waals surface area contributed by atoms with Crippen LogP contribution in [0.2, 0.25) is 0 Å². The van der Waals surface area contributed by atoms with E-state index in [1.807, 2.05) is 42.5 Å². The van der Waals surface area contributed by atoms with Crippen LogP contribution in [0, 0.1) is 5.92 Å². The molecule has 7 nitrogen and oxygen atoms in total. The number of piperidine rings is 1. The van der Waals surface area contributed by atoms with Crippen LogP contribution in [0.25, 0.3) is 11.0 Å². The molecule has 2 aliphatic rings. The zero-order valence-corrected chi connectivity index (χ0v) is 15.5. The first-order chi connectivity index (χ1) is 13.8. The Hall–Kier alpha value is -3.22. The molecule has 0 spiro atoms. The van der Waals surface area contributed by atoms with Crippen molar-refractivity contribution in [3.8, 4) is 11.5 Å². The molecular weight excluding hydrogens is 356 g/mol. The van der Waals surface area contributed by atoms with E-state index in [0.717, 1.165) is 60.0 Å². The van der Waals surface area contributed by atoms with E-state index in [-0.39, 0.29) is 18.6 Å². The second-order valence-electron chi connectivity index (χ2n) is 7.24. The normalized spacial score (nSPS) is 16.5. The van der Waals surface area contributed by atoms with Crippen molar-refractivity contribution in [1.82, 2.24) is 15.3 Å². The van der Waals surface area contributed by atoms with Gasteiger partial charge in [-0.15, -0.1) is 0 Å². The standard InChI is InChI=1S/C21H22N4O3/c26-20(22-12-14-5-6-18-19(11-14)28-13-27-18)15-7-9-25(10-8-15)21-23-16-3-1-2-4-17(16)24-21/h1-6,11,15H,7-10,12-13H2,(H,22,26)(H,23,24). The van der Waals surface area contributed by atoms with Gasteiger partial charge in [0.25, 0.3) is 0 Å². The van der Waals surface area contributed by atoms with Crippen LogP contribution in [0.5, 0.6) is 11.5 Å². The van der Waals surface area contributed by atoms with Gasteiger partial charge in [-0.25, -0.2) is 4.98 Å². The molecule has 0 bridgehead atoms. The Morgan fingerprint density at radius 3 is 2.82 bits per heavy atom. The third-order valence-corrected chi connectivity index (χ3v) is 5.45. The fourth-order valence-corrected chi connectivity index (χ4v) is 3.83. The molecule has 2 aliphatic heterocycles. The summed E-state index contributed by atoms with van der Waals surface area (Å²) in [5.74, 6) is 2.54. The molecule has 5 rings (SSSR count). The molecule has 28 heavy (non-hydrogen) atoms. The fourth-order valence-electron chi connectivity index (χ4n) is 3.83. The van der Waals surface area contributed by atoms with Gasteiger partial charge in [-0.3, -0.25) is 4.79 Å². The Kier molecular flexibility index (Phi) is 4.27. The molecule has 7 heteroatoms. The lowest BCUT2D eigenvalue weighted by Gasteiger charge is -2.31. The predicted octanol–water partition coefficient (Wildman–Crippen LogP) is 2.82. The van der Waals surface area contributed by atoms with E-state index in [0.29, 0.717) is 6.54 Å². The van der Waals surface area contributed by atoms with Crippen LogP contribution in [0.3, 0.4) is 0 Å². The molecule has 0 radical (unpaired) electrons. The lowest BCUT2D eigenvalue weighted by atomic mass is 9.96. The molecule has 1 saturated heterocycles. The average Bonchev–Trinajstić information content (AvgIpc) is 3.38. The smallest absolute Gasteiger partial charge is 0.231 e. The molecular formula is C21H22N4O3. The van der Waals surface area contributed by atoms with Crippen molar-refractivity contribution < 1.29 is 14.3 Å². The van der Waals surface area contributed by atoms with Gasteiger partial charge in [-0.05, 0) is 42.7 Å². The minimum atomic E-state index is 0.0367. The van der Waals surface area contributed by atoms with Crippen LogP contribution in [-0.2, 0) is 11.3 Å². The number of nitrogens with zero attached hydrogens (tertiary/aromatic N) is 2. The Labute approximate surface area is 162 Å². The number of H-pyrrole nitrogens is 1. The Morgan fingerprint density at radius 1 is 1.14 bits per heavy atom. The van der Waals surface area contributed by atoms with Crippen molar-refractivity contribution in [2.45, 2.75) is 19.4 Å². The molecule has 144 valence electrons. The number of rotatable bonds is 4. The molecule has 0 aliphatic carbocycles. The summed E-state index contributed by atoms with van der Waals surface area (Å²) in [6.45, 7) is 2.40. The van der Waals surface area contributed by atoms with Gasteiger partial charge in [0.2, 0.25) is 18.6 Å². The molecule has 0 unspecified atom stereocenters. The Balaban J connectivity index is 1.15. The van der Waals surface area contributed by atoms with Crippen LogP contribution >= 0.6 is 0 Å². The predicted molar refractivity (Wildman–Crippen MR) is 105 cm³/mol. The van der Waals surface area contributed by atoms with Crippen LogP contribution in [0.15, 0.2) is 42.5 Å². The third-order valence-electron chi connectivity index (χ3n) is 5.45. The third kappa shape index (κ3) is 3.24. The highest BCUT2D eigenvalue weighted by atomic mass is 16.7. The maximum atomic E-state index is 12.6. The summed E-state index contributed by atoms with van der Waals surface area (Å²) in [4.78, 5) is 22.8. The van der Waals surface area contributed by atoms with Gasteiger partial charge in [0, 0.05) is 25.6 Å². The first kappa shape index (κ1) is 16.9. The number of imidazole rings is 1. The lowest BCUT2D eigenvalue weighted by molar-refractivity contribution is -0.125. The van der Waals surface area contributed by atoms with Crippen LogP contribution < -0.4 is 19.7 Å². The summed E-state index contributed by atoms with van der Waals surface area (Å²) in [5, 5.41) is 3.06. The SMILES string of the molecule is O=C(NCc1ccc2c(c1)OCO2)C1CCN(c2nc3ccccc3[nH]2)CC1. The van der Waals surface area contributed by atoms with E-state index >= 15 is 0 Å². The van der Waals surface area contributed by atoms with E-state index < -0.39 is 0 Å². The van der Waals surface area contributed by atoms with E-state index in [2.05, 4.69) is 20.2 Å². The number of hydrogen-bond donors (Lipinski definition) is 2. The summed E-state index contributed by atoms with van der Waals surface area (Å²) in [6.07, 6.45) is 1.65. The highest BCUT2D eigenvalue weighted by Crippen LogP contribution is 2.32. The number of aromatic nitrogens is 2. The van der Waals surface area contributed by atoms with E-state index in [1.165, 1.54) is 0 Å². The zero-order valence-electron chi connectivity index (χ0n) is 15.5. The largest absolute Gasteiger partial charge is 0.454 e. The Morgan fingerprint density at radius 2 is 1.96 bits per heavy atom. The second-order valence-corrected chi connectivity index (χ2v) is 7.24. The van der Waals surface area contributed by atoms with Gasteiger partial charge < -0.3 is 24.7 Å². The highest BCUT2D eigenvalue weighted by molar-refractivity contribution is 5.79. The van der Waals surface area contributed by atoms with Crippen molar-refractivity contribution >= 4 is 22.9 Å². The zero-order chi connectivity index (χ0) is 18.9. The molecule has 1 fully saturated rings. The van der Waals surface area contributed by atoms with E-state index in [9.17, 15) is 4.79 Å². The van der Waals surface area contributed by atoms with Gasteiger partial charge >= 0.3 is 0 Å². The minimum absolute atomic E-state index is 0.0367. The fraction of sp³-hybridized carbons (Fsp3) is 0.333. The summed E-state index contributed by atoms with van der Waals surface area (Å²) < 4.78 is 10.7. The molecule has 1 aromatic heterocycles. The molecule has 2 aromatic carbocycles. The quantitative estimate of drug-likeness (QED) is 0.730. The van der Waals surface area contributed by atoms with E-state index in [1.54, 1.807) is 0 Å². The first-order valence-electron chi connectivity index (χ1n) is 9.62. The molecule has 3 aromatic rings. The molecule has 2 N–H and O–H groups in total. The van der Waals surface area contributed by atoms with Crippen LogP contribution in [0.4, 0.5) is 5.95 Å². The van der Waals surface area contributed by atoms with Gasteiger partial charge in [0.15, 0.2) is 11.5 Å². The molecule has 1 amide bonds. The van der Waals surface area contributed by atoms with Crippen molar-refractivity contribution in [3.63, 3.8) is 0 Å². The number of fused-ring (bicyclic) bond motifs is 2. The van der Waals surface area contributed by atoms with Crippen LogP contribution in [-0.4, -0.2) is 35.8 Å². The number of aromatic amines is 1. The minimum Gasteiger partial charge on any atom is -0.454 e. The summed E-state index contributed by atoms with van der Waals surface area (Å²) >= 11 is 0. The van der Waals surface area contributed by atoms with Crippen molar-refractivity contribution in [1.29, 1.82) is 0 Å². The number of carbonyl (C=O) groups excluding carboxylic acids is 1. The Bertz CT molecular complexity index is 975. The van der Waals surface area contributed by atoms with Crippen molar-refractivity contribution in [2.75, 3.05) is 24.8 Å². The van der Waals surface area contributed by atoms with Gasteiger partial charge in [-0.2, -0.15) is 0 Å². The molecule has 0 atom stereocenters. The number of amides is 1. The molecule has 3 heterocycles. The highest BCUT2D eigenvalue weighted by Gasteiger charge is 2.26.